The predicted octanol–water partition coefficient (Wildman–Crippen LogP) is 3.20. The largest absolute Gasteiger partial charge is 0.445 e. The molecule has 8 heteroatoms. The predicted molar refractivity (Wildman–Crippen MR) is 64.3 cm³/mol. The molecule has 0 bridgehead atoms. The van der Waals surface area contributed by atoms with Crippen molar-refractivity contribution in [2.75, 3.05) is 0 Å². The number of aryl methyl sites for hydroxylation is 1. The zero-order chi connectivity index (χ0) is 13.6. The van der Waals surface area contributed by atoms with Crippen LogP contribution in [0.25, 0.3) is 16.2 Å². The number of alkyl halides is 3. The van der Waals surface area contributed by atoms with E-state index in [1.54, 1.807) is 29.7 Å². The SMILES string of the molecule is Cc1nc2ccccc2n1-c1nnc(C(F)(F)F)s1. The van der Waals surface area contributed by atoms with Crippen molar-refractivity contribution in [2.45, 2.75) is 13.1 Å². The van der Waals surface area contributed by atoms with E-state index >= 15 is 0 Å². The highest BCUT2D eigenvalue weighted by atomic mass is 32.1. The average Bonchev–Trinajstić information content (AvgIpc) is 2.90. The maximum absolute atomic E-state index is 12.5. The molecule has 0 aliphatic rings. The summed E-state index contributed by atoms with van der Waals surface area (Å²) in [5.74, 6) is 0.575. The number of para-hydroxylation sites is 2. The van der Waals surface area contributed by atoms with E-state index in [0.717, 1.165) is 0 Å². The minimum absolute atomic E-state index is 0.165. The molecule has 0 spiro atoms. The van der Waals surface area contributed by atoms with Crippen molar-refractivity contribution in [3.05, 3.63) is 35.1 Å². The monoisotopic (exact) mass is 284 g/mol. The van der Waals surface area contributed by atoms with Crippen LogP contribution in [0.1, 0.15) is 10.8 Å². The zero-order valence-corrected chi connectivity index (χ0v) is 10.5. The van der Waals surface area contributed by atoms with E-state index in [4.69, 9.17) is 0 Å². The topological polar surface area (TPSA) is 43.6 Å². The van der Waals surface area contributed by atoms with Gasteiger partial charge in [0.1, 0.15) is 5.82 Å². The Balaban J connectivity index is 2.19. The van der Waals surface area contributed by atoms with Gasteiger partial charge in [0, 0.05) is 0 Å². The van der Waals surface area contributed by atoms with Gasteiger partial charge in [-0.15, -0.1) is 10.2 Å². The quantitative estimate of drug-likeness (QED) is 0.689. The summed E-state index contributed by atoms with van der Waals surface area (Å²) in [6.07, 6.45) is -4.47. The van der Waals surface area contributed by atoms with Gasteiger partial charge in [-0.05, 0) is 19.1 Å². The fraction of sp³-hybridized carbons (Fsp3) is 0.182. The van der Waals surface area contributed by atoms with Crippen molar-refractivity contribution in [3.8, 4) is 5.13 Å². The summed E-state index contributed by atoms with van der Waals surface area (Å²) in [6.45, 7) is 1.72. The van der Waals surface area contributed by atoms with Crippen LogP contribution < -0.4 is 0 Å². The van der Waals surface area contributed by atoms with E-state index in [2.05, 4.69) is 15.2 Å². The Morgan fingerprint density at radius 3 is 2.58 bits per heavy atom. The number of halogens is 3. The first-order valence-corrected chi connectivity index (χ1v) is 6.13. The number of imidazole rings is 1. The van der Waals surface area contributed by atoms with Gasteiger partial charge in [0.15, 0.2) is 0 Å². The Hall–Kier alpha value is -1.96. The molecular weight excluding hydrogens is 277 g/mol. The molecular formula is C11H7F3N4S. The second-order valence-electron chi connectivity index (χ2n) is 3.87. The molecule has 3 rings (SSSR count). The lowest BCUT2D eigenvalue weighted by Gasteiger charge is -2.00. The van der Waals surface area contributed by atoms with Gasteiger partial charge in [-0.2, -0.15) is 13.2 Å². The Labute approximate surface area is 109 Å². The molecule has 0 aliphatic carbocycles. The normalized spacial score (nSPS) is 12.2. The van der Waals surface area contributed by atoms with Gasteiger partial charge in [-0.1, -0.05) is 23.5 Å². The molecule has 0 fully saturated rings. The fourth-order valence-electron chi connectivity index (χ4n) is 1.81. The van der Waals surface area contributed by atoms with Gasteiger partial charge < -0.3 is 0 Å². The molecule has 1 aromatic carbocycles. The number of nitrogens with zero attached hydrogens (tertiary/aromatic N) is 4. The first-order chi connectivity index (χ1) is 8.97. The summed E-state index contributed by atoms with van der Waals surface area (Å²) in [7, 11) is 0. The molecule has 0 saturated heterocycles. The molecule has 0 amide bonds. The van der Waals surface area contributed by atoms with Crippen molar-refractivity contribution in [1.82, 2.24) is 19.7 Å². The molecule has 0 radical (unpaired) electrons. The standard InChI is InChI=1S/C11H7F3N4S/c1-6-15-7-4-2-3-5-8(7)18(6)10-17-16-9(19-10)11(12,13)14/h2-5H,1H3. The summed E-state index contributed by atoms with van der Waals surface area (Å²) in [5, 5.41) is 6.00. The Bertz CT molecular complexity index is 744. The van der Waals surface area contributed by atoms with Gasteiger partial charge in [0.05, 0.1) is 11.0 Å². The van der Waals surface area contributed by atoms with Gasteiger partial charge in [-0.3, -0.25) is 4.57 Å². The number of rotatable bonds is 1. The second-order valence-corrected chi connectivity index (χ2v) is 4.83. The maximum Gasteiger partial charge on any atom is 0.445 e. The van der Waals surface area contributed by atoms with Crippen LogP contribution in [0.3, 0.4) is 0 Å². The molecule has 98 valence electrons. The first-order valence-electron chi connectivity index (χ1n) is 5.32. The van der Waals surface area contributed by atoms with Gasteiger partial charge >= 0.3 is 6.18 Å². The van der Waals surface area contributed by atoms with E-state index in [0.29, 0.717) is 28.2 Å². The Morgan fingerprint density at radius 2 is 1.89 bits per heavy atom. The van der Waals surface area contributed by atoms with E-state index in [1.807, 2.05) is 6.07 Å². The molecule has 3 aromatic rings. The third kappa shape index (κ3) is 1.97. The summed E-state index contributed by atoms with van der Waals surface area (Å²) < 4.78 is 39.2. The lowest BCUT2D eigenvalue weighted by atomic mass is 10.3. The highest BCUT2D eigenvalue weighted by Gasteiger charge is 2.36. The minimum Gasteiger partial charge on any atom is -0.270 e. The zero-order valence-electron chi connectivity index (χ0n) is 9.64. The van der Waals surface area contributed by atoms with Crippen LogP contribution in [-0.4, -0.2) is 19.7 Å². The van der Waals surface area contributed by atoms with E-state index in [-0.39, 0.29) is 5.13 Å². The molecule has 2 aromatic heterocycles. The van der Waals surface area contributed by atoms with Crippen LogP contribution in [0.15, 0.2) is 24.3 Å². The molecule has 0 unspecified atom stereocenters. The average molecular weight is 284 g/mol. The van der Waals surface area contributed by atoms with Gasteiger partial charge in [0.2, 0.25) is 10.1 Å². The van der Waals surface area contributed by atoms with Crippen LogP contribution >= 0.6 is 11.3 Å². The fourth-order valence-corrected chi connectivity index (χ4v) is 2.58. The maximum atomic E-state index is 12.5. The van der Waals surface area contributed by atoms with Crippen molar-refractivity contribution in [1.29, 1.82) is 0 Å². The second kappa shape index (κ2) is 4.02. The molecule has 4 nitrogen and oxygen atoms in total. The summed E-state index contributed by atoms with van der Waals surface area (Å²) in [5.41, 5.74) is 1.42. The highest BCUT2D eigenvalue weighted by Crippen LogP contribution is 2.33. The van der Waals surface area contributed by atoms with Crippen LogP contribution in [0.5, 0.6) is 0 Å². The number of hydrogen-bond donors (Lipinski definition) is 0. The lowest BCUT2D eigenvalue weighted by Crippen LogP contribution is -2.03. The van der Waals surface area contributed by atoms with Crippen molar-refractivity contribution in [3.63, 3.8) is 0 Å². The third-order valence-electron chi connectivity index (χ3n) is 2.58. The van der Waals surface area contributed by atoms with Crippen LogP contribution in [0, 0.1) is 6.92 Å². The molecule has 0 N–H and O–H groups in total. The van der Waals surface area contributed by atoms with Crippen LogP contribution in [0.2, 0.25) is 0 Å². The first kappa shape index (κ1) is 12.1. The van der Waals surface area contributed by atoms with Gasteiger partial charge in [-0.25, -0.2) is 4.98 Å². The molecule has 19 heavy (non-hydrogen) atoms. The van der Waals surface area contributed by atoms with Gasteiger partial charge in [0.25, 0.3) is 0 Å². The smallest absolute Gasteiger partial charge is 0.270 e. The lowest BCUT2D eigenvalue weighted by molar-refractivity contribution is -0.138. The van der Waals surface area contributed by atoms with Crippen molar-refractivity contribution >= 4 is 22.4 Å². The van der Waals surface area contributed by atoms with Crippen molar-refractivity contribution in [2.24, 2.45) is 0 Å². The molecule has 0 atom stereocenters. The number of benzene rings is 1. The van der Waals surface area contributed by atoms with E-state index in [1.165, 1.54) is 0 Å². The number of hydrogen-bond acceptors (Lipinski definition) is 4. The number of aromatic nitrogens is 4. The molecule has 2 heterocycles. The molecule has 0 saturated carbocycles. The summed E-state index contributed by atoms with van der Waals surface area (Å²) in [4.78, 5) is 4.28. The number of fused-ring (bicyclic) bond motifs is 1. The van der Waals surface area contributed by atoms with Crippen LogP contribution in [0.4, 0.5) is 13.2 Å². The Morgan fingerprint density at radius 1 is 1.16 bits per heavy atom. The summed E-state index contributed by atoms with van der Waals surface area (Å²) in [6, 6.07) is 7.19. The van der Waals surface area contributed by atoms with Crippen LogP contribution in [-0.2, 0) is 6.18 Å². The minimum atomic E-state index is -4.47. The summed E-state index contributed by atoms with van der Waals surface area (Å²) >= 11 is 0.502. The van der Waals surface area contributed by atoms with Crippen molar-refractivity contribution < 1.29 is 13.2 Å². The molecule has 0 aliphatic heterocycles. The van der Waals surface area contributed by atoms with E-state index < -0.39 is 11.2 Å². The van der Waals surface area contributed by atoms with E-state index in [9.17, 15) is 13.2 Å². The Kier molecular flexibility index (Phi) is 2.56. The third-order valence-corrected chi connectivity index (χ3v) is 3.53. The highest BCUT2D eigenvalue weighted by molar-refractivity contribution is 7.13.